The van der Waals surface area contributed by atoms with Crippen LogP contribution in [0.25, 0.3) is 0 Å². The molecule has 1 atom stereocenters. The van der Waals surface area contributed by atoms with Crippen molar-refractivity contribution in [1.82, 2.24) is 9.88 Å². The molecule has 3 rings (SSSR count). The van der Waals surface area contributed by atoms with E-state index in [0.717, 1.165) is 97.9 Å². The summed E-state index contributed by atoms with van der Waals surface area (Å²) in [5, 5.41) is -1.05. The van der Waals surface area contributed by atoms with Crippen molar-refractivity contribution < 1.29 is 19.1 Å². The smallest absolute Gasteiger partial charge is 0.295 e. The fourth-order valence-corrected chi connectivity index (χ4v) is 6.05. The van der Waals surface area contributed by atoms with E-state index in [4.69, 9.17) is 4.74 Å². The van der Waals surface area contributed by atoms with Crippen molar-refractivity contribution in [2.45, 2.75) is 103 Å². The van der Waals surface area contributed by atoms with Crippen LogP contribution < -0.4 is 4.74 Å². The molecule has 1 unspecified atom stereocenters. The minimum Gasteiger partial charge on any atom is -0.493 e. The third kappa shape index (κ3) is 14.8. The molecule has 2 aromatic rings. The zero-order valence-electron chi connectivity index (χ0n) is 28.7. The molecule has 0 aliphatic carbocycles. The van der Waals surface area contributed by atoms with Gasteiger partial charge in [0, 0.05) is 24.7 Å². The number of nitrogens with zero attached hydrogens (tertiary/aromatic N) is 2. The van der Waals surface area contributed by atoms with E-state index in [2.05, 4.69) is 85.7 Å². The van der Waals surface area contributed by atoms with Gasteiger partial charge in [-0.2, -0.15) is 0 Å². The van der Waals surface area contributed by atoms with Crippen molar-refractivity contribution in [3.8, 4) is 5.75 Å². The lowest BCUT2D eigenvalue weighted by Crippen LogP contribution is -2.37. The first-order chi connectivity index (χ1) is 23.5. The molecule has 2 heterocycles. The highest BCUT2D eigenvalue weighted by Gasteiger charge is 2.42. The van der Waals surface area contributed by atoms with E-state index < -0.39 is 22.3 Å². The Kier molecular flexibility index (Phi) is 18.7. The predicted molar refractivity (Wildman–Crippen MR) is 199 cm³/mol. The maximum atomic E-state index is 13.0. The highest BCUT2D eigenvalue weighted by atomic mass is 32.2. The van der Waals surface area contributed by atoms with Gasteiger partial charge in [-0.1, -0.05) is 111 Å². The van der Waals surface area contributed by atoms with Crippen molar-refractivity contribution in [2.75, 3.05) is 6.61 Å². The first kappa shape index (κ1) is 38.5. The lowest BCUT2D eigenvalue weighted by molar-refractivity contribution is -0.139. The summed E-state index contributed by atoms with van der Waals surface area (Å²) >= 11 is 0.945. The fourth-order valence-electron chi connectivity index (χ4n) is 5.03. The van der Waals surface area contributed by atoms with Crippen LogP contribution in [0.5, 0.6) is 5.75 Å². The van der Waals surface area contributed by atoms with Gasteiger partial charge in [0.15, 0.2) is 0 Å². The molecule has 1 aliphatic rings. The minimum atomic E-state index is -0.583. The summed E-state index contributed by atoms with van der Waals surface area (Å²) in [4.78, 5) is 43.6. The van der Waals surface area contributed by atoms with E-state index in [-0.39, 0.29) is 6.42 Å². The molecule has 1 fully saturated rings. The van der Waals surface area contributed by atoms with Gasteiger partial charge in [-0.25, -0.2) is 4.90 Å². The third-order valence-corrected chi connectivity index (χ3v) is 8.89. The van der Waals surface area contributed by atoms with E-state index in [0.29, 0.717) is 19.4 Å². The average molecular weight is 669 g/mol. The topological polar surface area (TPSA) is 76.6 Å². The number of carbonyl (C=O) groups excluding carboxylic acids is 3. The number of thioether (sulfide) groups is 1. The van der Waals surface area contributed by atoms with E-state index in [1.165, 1.54) is 5.56 Å². The van der Waals surface area contributed by atoms with Crippen LogP contribution in [0.3, 0.4) is 0 Å². The van der Waals surface area contributed by atoms with Crippen molar-refractivity contribution in [1.29, 1.82) is 0 Å². The van der Waals surface area contributed by atoms with Gasteiger partial charge in [-0.05, 0) is 93.5 Å². The maximum Gasteiger partial charge on any atom is 0.295 e. The number of hydrogen-bond acceptors (Lipinski definition) is 6. The predicted octanol–water partition coefficient (Wildman–Crippen LogP) is 10.1. The molecule has 1 saturated heterocycles. The number of allylic oxidation sites excluding steroid dienone is 10. The Morgan fingerprint density at radius 2 is 1.42 bits per heavy atom. The van der Waals surface area contributed by atoms with E-state index in [1.54, 1.807) is 0 Å². The van der Waals surface area contributed by atoms with Crippen molar-refractivity contribution in [3.63, 3.8) is 0 Å². The molecule has 1 aliphatic heterocycles. The second-order valence-corrected chi connectivity index (χ2v) is 12.9. The number of benzene rings is 1. The van der Waals surface area contributed by atoms with E-state index in [1.807, 2.05) is 36.5 Å². The number of carbonyl (C=O) groups is 3. The maximum absolute atomic E-state index is 13.0. The van der Waals surface area contributed by atoms with Crippen LogP contribution in [0.15, 0.2) is 103 Å². The Balaban J connectivity index is 1.25. The lowest BCUT2D eigenvalue weighted by Gasteiger charge is -2.12. The Morgan fingerprint density at radius 1 is 0.792 bits per heavy atom. The number of rotatable bonds is 22. The van der Waals surface area contributed by atoms with Crippen LogP contribution in [-0.4, -0.2) is 38.8 Å². The third-order valence-electron chi connectivity index (χ3n) is 7.86. The first-order valence-corrected chi connectivity index (χ1v) is 18.4. The van der Waals surface area contributed by atoms with Gasteiger partial charge >= 0.3 is 0 Å². The Bertz CT molecular complexity index is 1410. The van der Waals surface area contributed by atoms with Gasteiger partial charge in [0.05, 0.1) is 11.9 Å². The fraction of sp³-hybridized carbons (Fsp3) is 0.415. The second-order valence-electron chi connectivity index (χ2n) is 11.7. The van der Waals surface area contributed by atoms with Gasteiger partial charge in [0.2, 0.25) is 5.91 Å². The molecule has 0 saturated carbocycles. The summed E-state index contributed by atoms with van der Waals surface area (Å²) in [5.41, 5.74) is 3.12. The lowest BCUT2D eigenvalue weighted by atomic mass is 10.1. The van der Waals surface area contributed by atoms with E-state index in [9.17, 15) is 14.4 Å². The second kappa shape index (κ2) is 23.4. The standard InChI is InChI=1S/C41H52N2O4S/c1-3-5-6-7-8-9-10-11-12-13-14-15-16-17-18-19-20-21-22-23-39(44)43-40(45)38(48-41(43)46)32-35-25-28-37(29-26-35)47-31-30-36-27-24-34(4-2)33-42-36/h5-6,8-9,11-12,14-15,17-18,24-29,33,38H,3-4,7,10,13,16,19-23,30-32H2,1-2H3/b6-5-,9-8-,12-11-,15-14-,18-17-. The van der Waals surface area contributed by atoms with Gasteiger partial charge in [-0.15, -0.1) is 0 Å². The van der Waals surface area contributed by atoms with Crippen LogP contribution in [-0.2, 0) is 28.9 Å². The Morgan fingerprint density at radius 3 is 2.02 bits per heavy atom. The molecule has 6 nitrogen and oxygen atoms in total. The van der Waals surface area contributed by atoms with E-state index >= 15 is 0 Å². The zero-order chi connectivity index (χ0) is 34.2. The van der Waals surface area contributed by atoms with Gasteiger partial charge in [0.25, 0.3) is 11.1 Å². The van der Waals surface area contributed by atoms with Crippen LogP contribution in [0.1, 0.15) is 94.9 Å². The largest absolute Gasteiger partial charge is 0.493 e. The van der Waals surface area contributed by atoms with Crippen LogP contribution >= 0.6 is 11.8 Å². The highest BCUT2D eigenvalue weighted by Crippen LogP contribution is 2.31. The number of pyridine rings is 1. The van der Waals surface area contributed by atoms with Crippen LogP contribution in [0.4, 0.5) is 4.79 Å². The van der Waals surface area contributed by atoms with Crippen molar-refractivity contribution >= 4 is 28.8 Å². The average Bonchev–Trinajstić information content (AvgIpc) is 3.38. The summed E-state index contributed by atoms with van der Waals surface area (Å²) in [5.74, 6) is -0.0586. The number of aromatic nitrogens is 1. The molecule has 48 heavy (non-hydrogen) atoms. The quantitative estimate of drug-likeness (QED) is 0.0918. The number of imide groups is 3. The summed E-state index contributed by atoms with van der Waals surface area (Å²) in [7, 11) is 0. The molecule has 1 aromatic carbocycles. The molecule has 0 spiro atoms. The number of amides is 3. The van der Waals surface area contributed by atoms with Gasteiger partial charge < -0.3 is 4.74 Å². The molecule has 3 amide bonds. The summed E-state index contributed by atoms with van der Waals surface area (Å²) < 4.78 is 5.86. The Hall–Kier alpha value is -3.97. The minimum absolute atomic E-state index is 0.209. The van der Waals surface area contributed by atoms with Gasteiger partial charge in [-0.3, -0.25) is 19.4 Å². The number of unbranched alkanes of at least 4 members (excludes halogenated alkanes) is 3. The molecule has 256 valence electrons. The number of ether oxygens (including phenoxy) is 1. The SMILES string of the molecule is CC/C=C\C/C=C\C/C=C\C/C=C\C/C=C\CCCCCC(=O)N1C(=O)SC(Cc2ccc(OCCc3ccc(CC)cn3)cc2)C1=O. The monoisotopic (exact) mass is 668 g/mol. The summed E-state index contributed by atoms with van der Waals surface area (Å²) in [6.07, 6.45) is 34.5. The number of hydrogen-bond donors (Lipinski definition) is 0. The first-order valence-electron chi connectivity index (χ1n) is 17.5. The molecule has 0 N–H and O–H groups in total. The highest BCUT2D eigenvalue weighted by molar-refractivity contribution is 8.15. The van der Waals surface area contributed by atoms with Crippen molar-refractivity contribution in [2.24, 2.45) is 0 Å². The van der Waals surface area contributed by atoms with Crippen molar-refractivity contribution in [3.05, 3.63) is 120 Å². The summed E-state index contributed by atoms with van der Waals surface area (Å²) in [6.45, 7) is 4.77. The molecular weight excluding hydrogens is 617 g/mol. The zero-order valence-corrected chi connectivity index (χ0v) is 29.5. The number of aryl methyl sites for hydroxylation is 1. The molecule has 0 bridgehead atoms. The van der Waals surface area contributed by atoms with Crippen LogP contribution in [0, 0.1) is 0 Å². The molecule has 1 aromatic heterocycles. The summed E-state index contributed by atoms with van der Waals surface area (Å²) in [6, 6.07) is 11.7. The normalized spacial score (nSPS) is 15.5. The Labute approximate surface area is 292 Å². The van der Waals surface area contributed by atoms with Gasteiger partial charge in [0.1, 0.15) is 5.75 Å². The molecular formula is C41H52N2O4S. The molecule has 7 heteroatoms. The van der Waals surface area contributed by atoms with Crippen LogP contribution in [0.2, 0.25) is 0 Å². The molecule has 0 radical (unpaired) electrons.